The van der Waals surface area contributed by atoms with Gasteiger partial charge in [-0.15, -0.1) is 0 Å². The van der Waals surface area contributed by atoms with E-state index in [2.05, 4.69) is 5.32 Å². The maximum absolute atomic E-state index is 13.2. The molecule has 1 heterocycles. The molecule has 0 aliphatic carbocycles. The third-order valence-corrected chi connectivity index (χ3v) is 3.30. The molecule has 1 N–H and O–H groups in total. The maximum Gasteiger partial charge on any atom is 0.230 e. The molecule has 0 bridgehead atoms. The Morgan fingerprint density at radius 3 is 2.61 bits per heavy atom. The Balaban J connectivity index is 2.36. The Bertz CT molecular complexity index is 502. The molecule has 5 heteroatoms. The minimum atomic E-state index is -0.958. The van der Waals surface area contributed by atoms with Crippen LogP contribution in [0.4, 0.5) is 8.78 Å². The van der Waals surface area contributed by atoms with Crippen molar-refractivity contribution in [3.05, 3.63) is 35.4 Å². The van der Waals surface area contributed by atoms with E-state index in [1.54, 1.807) is 0 Å². The highest BCUT2D eigenvalue weighted by Gasteiger charge is 2.35. The van der Waals surface area contributed by atoms with E-state index in [-0.39, 0.29) is 30.1 Å². The van der Waals surface area contributed by atoms with Crippen molar-refractivity contribution in [3.63, 3.8) is 0 Å². The third-order valence-electron chi connectivity index (χ3n) is 3.30. The standard InChI is InChI=1S/C13H13F2NO2/c1-2-8-9(6-12(17)16-13(8)18)7-3-4-10(14)11(15)5-7/h3-5,8-9H,2,6H2,1H3,(H,16,17,18). The lowest BCUT2D eigenvalue weighted by atomic mass is 9.79. The molecular formula is C13H13F2NO2. The van der Waals surface area contributed by atoms with E-state index in [1.807, 2.05) is 6.92 Å². The normalized spacial score (nSPS) is 23.9. The van der Waals surface area contributed by atoms with Crippen LogP contribution >= 0.6 is 0 Å². The molecule has 0 aromatic heterocycles. The first kappa shape index (κ1) is 12.7. The minimum Gasteiger partial charge on any atom is -0.296 e. The zero-order chi connectivity index (χ0) is 13.3. The molecule has 1 aromatic rings. The van der Waals surface area contributed by atoms with E-state index in [0.29, 0.717) is 12.0 Å². The molecule has 18 heavy (non-hydrogen) atoms. The van der Waals surface area contributed by atoms with Crippen molar-refractivity contribution < 1.29 is 18.4 Å². The van der Waals surface area contributed by atoms with Gasteiger partial charge in [0.05, 0.1) is 0 Å². The molecule has 0 radical (unpaired) electrons. The smallest absolute Gasteiger partial charge is 0.230 e. The lowest BCUT2D eigenvalue weighted by Crippen LogP contribution is -2.44. The van der Waals surface area contributed by atoms with Gasteiger partial charge in [0.2, 0.25) is 11.8 Å². The molecule has 2 atom stereocenters. The van der Waals surface area contributed by atoms with Gasteiger partial charge in [-0.05, 0) is 24.1 Å². The van der Waals surface area contributed by atoms with Gasteiger partial charge in [0.1, 0.15) is 0 Å². The summed E-state index contributed by atoms with van der Waals surface area (Å²) in [6.07, 6.45) is 0.665. The summed E-state index contributed by atoms with van der Waals surface area (Å²) in [6, 6.07) is 3.51. The summed E-state index contributed by atoms with van der Waals surface area (Å²) in [5.74, 6) is -3.37. The quantitative estimate of drug-likeness (QED) is 0.821. The van der Waals surface area contributed by atoms with Crippen LogP contribution in [0.25, 0.3) is 0 Å². The van der Waals surface area contributed by atoms with Crippen molar-refractivity contribution in [1.82, 2.24) is 5.32 Å². The van der Waals surface area contributed by atoms with Gasteiger partial charge in [-0.1, -0.05) is 13.0 Å². The molecule has 2 unspecified atom stereocenters. The first-order chi connectivity index (χ1) is 8.52. The van der Waals surface area contributed by atoms with E-state index in [1.165, 1.54) is 6.07 Å². The second-order valence-electron chi connectivity index (χ2n) is 4.41. The number of amides is 2. The van der Waals surface area contributed by atoms with Crippen molar-refractivity contribution in [2.24, 2.45) is 5.92 Å². The Labute approximate surface area is 103 Å². The van der Waals surface area contributed by atoms with Gasteiger partial charge in [-0.25, -0.2) is 8.78 Å². The molecule has 1 aromatic carbocycles. The van der Waals surface area contributed by atoms with E-state index >= 15 is 0 Å². The number of rotatable bonds is 2. The zero-order valence-electron chi connectivity index (χ0n) is 9.87. The second kappa shape index (κ2) is 4.84. The number of imide groups is 1. The van der Waals surface area contributed by atoms with Gasteiger partial charge in [-0.3, -0.25) is 14.9 Å². The Morgan fingerprint density at radius 1 is 1.28 bits per heavy atom. The van der Waals surface area contributed by atoms with Crippen LogP contribution in [0.2, 0.25) is 0 Å². The number of piperidine rings is 1. The first-order valence-electron chi connectivity index (χ1n) is 5.81. The molecule has 3 nitrogen and oxygen atoms in total. The second-order valence-corrected chi connectivity index (χ2v) is 4.41. The van der Waals surface area contributed by atoms with E-state index in [0.717, 1.165) is 12.1 Å². The fourth-order valence-electron chi connectivity index (χ4n) is 2.37. The predicted octanol–water partition coefficient (Wildman–Crippen LogP) is 2.12. The van der Waals surface area contributed by atoms with Gasteiger partial charge >= 0.3 is 0 Å². The van der Waals surface area contributed by atoms with Crippen LogP contribution in [0.15, 0.2) is 18.2 Å². The van der Waals surface area contributed by atoms with Crippen molar-refractivity contribution in [1.29, 1.82) is 0 Å². The molecule has 2 amide bonds. The summed E-state index contributed by atoms with van der Waals surface area (Å²) < 4.78 is 26.1. The number of hydrogen-bond acceptors (Lipinski definition) is 2. The Morgan fingerprint density at radius 2 is 2.00 bits per heavy atom. The van der Waals surface area contributed by atoms with Gasteiger partial charge < -0.3 is 0 Å². The molecule has 2 rings (SSSR count). The summed E-state index contributed by atoms with van der Waals surface area (Å²) in [5.41, 5.74) is 0.490. The first-order valence-corrected chi connectivity index (χ1v) is 5.81. The van der Waals surface area contributed by atoms with Crippen LogP contribution in [0.5, 0.6) is 0 Å². The SMILES string of the molecule is CCC1C(=O)NC(=O)CC1c1ccc(F)c(F)c1. The molecule has 0 spiro atoms. The molecule has 1 aliphatic heterocycles. The van der Waals surface area contributed by atoms with Crippen LogP contribution in [0, 0.1) is 17.6 Å². The van der Waals surface area contributed by atoms with E-state index < -0.39 is 11.6 Å². The summed E-state index contributed by atoms with van der Waals surface area (Å²) >= 11 is 0. The number of carbonyl (C=O) groups excluding carboxylic acids is 2. The summed E-state index contributed by atoms with van der Waals surface area (Å²) in [6.45, 7) is 1.83. The average Bonchev–Trinajstić information content (AvgIpc) is 2.32. The molecule has 0 saturated carbocycles. The molecule has 1 fully saturated rings. The highest BCUT2D eigenvalue weighted by Crippen LogP contribution is 2.33. The van der Waals surface area contributed by atoms with Crippen molar-refractivity contribution in [3.8, 4) is 0 Å². The third kappa shape index (κ3) is 2.25. The van der Waals surface area contributed by atoms with E-state index in [4.69, 9.17) is 0 Å². The van der Waals surface area contributed by atoms with Crippen molar-refractivity contribution in [2.75, 3.05) is 0 Å². The Kier molecular flexibility index (Phi) is 3.41. The molecular weight excluding hydrogens is 240 g/mol. The van der Waals surface area contributed by atoms with Crippen LogP contribution in [-0.4, -0.2) is 11.8 Å². The lowest BCUT2D eigenvalue weighted by molar-refractivity contribution is -0.137. The fraction of sp³-hybridized carbons (Fsp3) is 0.385. The number of carbonyl (C=O) groups is 2. The van der Waals surface area contributed by atoms with Crippen molar-refractivity contribution >= 4 is 11.8 Å². The van der Waals surface area contributed by atoms with Gasteiger partial charge in [0.15, 0.2) is 11.6 Å². The summed E-state index contributed by atoms with van der Waals surface area (Å²) in [5, 5.41) is 2.26. The largest absolute Gasteiger partial charge is 0.296 e. The monoisotopic (exact) mass is 253 g/mol. The average molecular weight is 253 g/mol. The highest BCUT2D eigenvalue weighted by molar-refractivity contribution is 5.99. The highest BCUT2D eigenvalue weighted by atomic mass is 19.2. The summed E-state index contributed by atoms with van der Waals surface area (Å²) in [4.78, 5) is 23.0. The molecule has 1 saturated heterocycles. The van der Waals surface area contributed by atoms with Crippen LogP contribution in [0.1, 0.15) is 31.2 Å². The van der Waals surface area contributed by atoms with Crippen LogP contribution in [0.3, 0.4) is 0 Å². The van der Waals surface area contributed by atoms with Gasteiger partial charge in [0.25, 0.3) is 0 Å². The number of hydrogen-bond donors (Lipinski definition) is 1. The topological polar surface area (TPSA) is 46.2 Å². The molecule has 1 aliphatic rings. The van der Waals surface area contributed by atoms with Crippen molar-refractivity contribution in [2.45, 2.75) is 25.7 Å². The van der Waals surface area contributed by atoms with Crippen LogP contribution < -0.4 is 5.32 Å². The zero-order valence-corrected chi connectivity index (χ0v) is 9.87. The fourth-order valence-corrected chi connectivity index (χ4v) is 2.37. The van der Waals surface area contributed by atoms with Crippen LogP contribution in [-0.2, 0) is 9.59 Å². The minimum absolute atomic E-state index is 0.120. The maximum atomic E-state index is 13.2. The number of nitrogens with one attached hydrogen (secondary N) is 1. The Hall–Kier alpha value is -1.78. The predicted molar refractivity (Wildman–Crippen MR) is 60.6 cm³/mol. The van der Waals surface area contributed by atoms with E-state index in [9.17, 15) is 18.4 Å². The molecule has 96 valence electrons. The number of benzene rings is 1. The van der Waals surface area contributed by atoms with Gasteiger partial charge in [-0.2, -0.15) is 0 Å². The lowest BCUT2D eigenvalue weighted by Gasteiger charge is -2.29. The van der Waals surface area contributed by atoms with Gasteiger partial charge in [0, 0.05) is 18.3 Å². The summed E-state index contributed by atoms with van der Waals surface area (Å²) in [7, 11) is 0. The number of halogens is 2.